The van der Waals surface area contributed by atoms with Crippen molar-refractivity contribution in [2.24, 2.45) is 0 Å². The first-order valence-electron chi connectivity index (χ1n) is 12.8. The zero-order chi connectivity index (χ0) is 29.7. The number of rotatable bonds is 12. The van der Waals surface area contributed by atoms with E-state index in [2.05, 4.69) is 30.3 Å². The molecule has 0 unspecified atom stereocenters. The van der Waals surface area contributed by atoms with Gasteiger partial charge in [-0.1, -0.05) is 6.92 Å². The minimum absolute atomic E-state index is 0.0160. The van der Waals surface area contributed by atoms with Gasteiger partial charge in [0.2, 0.25) is 11.8 Å². The number of hydrogen-bond donors (Lipinski definition) is 4. The minimum Gasteiger partial charge on any atom is -0.471 e. The van der Waals surface area contributed by atoms with Crippen molar-refractivity contribution < 1.29 is 27.8 Å². The van der Waals surface area contributed by atoms with E-state index in [1.165, 1.54) is 30.3 Å². The molecule has 0 saturated heterocycles. The van der Waals surface area contributed by atoms with Crippen LogP contribution in [0, 0.1) is 12.7 Å². The predicted molar refractivity (Wildman–Crippen MR) is 149 cm³/mol. The van der Waals surface area contributed by atoms with Crippen LogP contribution in [0.2, 0.25) is 0 Å². The number of nitrogens with two attached hydrogens (primary N) is 1. The number of halogens is 3. The maximum absolute atomic E-state index is 13.6. The molecule has 9 nitrogen and oxygen atoms in total. The fraction of sp³-hybridized carbons (Fsp3) is 0.393. The van der Waals surface area contributed by atoms with E-state index in [0.29, 0.717) is 46.7 Å². The number of benzene rings is 1. The molecule has 0 bridgehead atoms. The molecule has 218 valence electrons. The number of hydrogen-bond acceptors (Lipinski definition) is 9. The largest absolute Gasteiger partial charge is 0.471 e. The maximum atomic E-state index is 13.6. The normalized spacial score (nSPS) is 11.4. The van der Waals surface area contributed by atoms with E-state index in [9.17, 15) is 18.3 Å². The smallest absolute Gasteiger partial charge is 0.280 e. The zero-order valence-electron chi connectivity index (χ0n) is 23.4. The third-order valence-corrected chi connectivity index (χ3v) is 5.61. The SMILES string of the molecule is CC/C(NC)=C(\COc1nc(N)nc(-c2ccc(F)cc2)c1-c1cc(C)nc(C(F)F)c1)NCCO.CCOC. The Balaban J connectivity index is 0.00000131. The molecule has 0 amide bonds. The van der Waals surface area contributed by atoms with Crippen molar-refractivity contribution in [3.8, 4) is 28.3 Å². The summed E-state index contributed by atoms with van der Waals surface area (Å²) in [6.45, 7) is 6.56. The Bertz CT molecular complexity index is 1250. The second-order valence-corrected chi connectivity index (χ2v) is 8.42. The molecular formula is C28H37F3N6O3. The van der Waals surface area contributed by atoms with Gasteiger partial charge in [0.05, 0.1) is 23.6 Å². The van der Waals surface area contributed by atoms with Gasteiger partial charge in [-0.25, -0.2) is 18.2 Å². The summed E-state index contributed by atoms with van der Waals surface area (Å²) in [7, 11) is 3.45. The summed E-state index contributed by atoms with van der Waals surface area (Å²) in [5.41, 5.74) is 8.94. The van der Waals surface area contributed by atoms with E-state index < -0.39 is 17.9 Å². The Morgan fingerprint density at radius 3 is 2.27 bits per heavy atom. The van der Waals surface area contributed by atoms with E-state index >= 15 is 0 Å². The van der Waals surface area contributed by atoms with Crippen LogP contribution in [0.15, 0.2) is 47.8 Å². The second kappa shape index (κ2) is 16.3. The van der Waals surface area contributed by atoms with Crippen LogP contribution in [0.4, 0.5) is 19.1 Å². The fourth-order valence-electron chi connectivity index (χ4n) is 3.72. The van der Waals surface area contributed by atoms with Crippen molar-refractivity contribution in [2.45, 2.75) is 33.6 Å². The van der Waals surface area contributed by atoms with Gasteiger partial charge in [-0.3, -0.25) is 4.98 Å². The number of anilines is 1. The number of aliphatic hydroxyl groups is 1. The van der Waals surface area contributed by atoms with Crippen LogP contribution in [0.5, 0.6) is 5.88 Å². The summed E-state index contributed by atoms with van der Waals surface area (Å²) in [5.74, 6) is -0.490. The number of nitrogens with zero attached hydrogens (tertiary/aromatic N) is 3. The van der Waals surface area contributed by atoms with Gasteiger partial charge in [0.25, 0.3) is 6.43 Å². The van der Waals surface area contributed by atoms with E-state index in [1.807, 2.05) is 13.8 Å². The number of aromatic nitrogens is 3. The Kier molecular flexibility index (Phi) is 13.1. The highest BCUT2D eigenvalue weighted by Crippen LogP contribution is 2.39. The molecule has 40 heavy (non-hydrogen) atoms. The van der Waals surface area contributed by atoms with Crippen LogP contribution in [0.25, 0.3) is 22.4 Å². The van der Waals surface area contributed by atoms with Gasteiger partial charge in [-0.2, -0.15) is 4.98 Å². The molecule has 0 fully saturated rings. The molecule has 2 heterocycles. The Morgan fingerprint density at radius 2 is 1.73 bits per heavy atom. The standard InChI is InChI=1S/C25H29F3N6O2.C3H8O/c1-4-18(30-3)20(31-9-10-35)13-36-24-21(16-11-14(2)32-19(12-16)23(27)28)22(33-25(29)34-24)15-5-7-17(26)8-6-15;1-3-4-2/h5-8,11-12,23,30-31,35H,4,9-10,13H2,1-3H3,(H2,29,33,34);3H2,1-2H3/b20-18-;. The summed E-state index contributed by atoms with van der Waals surface area (Å²) in [4.78, 5) is 12.5. The van der Waals surface area contributed by atoms with Crippen LogP contribution in [0.1, 0.15) is 38.1 Å². The lowest BCUT2D eigenvalue weighted by Crippen LogP contribution is -2.27. The molecule has 0 saturated carbocycles. The van der Waals surface area contributed by atoms with Crippen molar-refractivity contribution >= 4 is 5.95 Å². The van der Waals surface area contributed by atoms with E-state index in [0.717, 1.165) is 12.3 Å². The number of methoxy groups -OCH3 is 1. The van der Waals surface area contributed by atoms with Gasteiger partial charge in [0, 0.05) is 44.3 Å². The van der Waals surface area contributed by atoms with Crippen LogP contribution in [-0.4, -0.2) is 60.6 Å². The molecule has 1 aromatic carbocycles. The number of aliphatic hydroxyl groups excluding tert-OH is 1. The first kappa shape index (κ1) is 32.3. The molecule has 0 radical (unpaired) electrons. The van der Waals surface area contributed by atoms with Crippen molar-refractivity contribution in [1.82, 2.24) is 25.6 Å². The molecule has 0 aliphatic rings. The molecule has 12 heteroatoms. The fourth-order valence-corrected chi connectivity index (χ4v) is 3.72. The highest BCUT2D eigenvalue weighted by atomic mass is 19.3. The third kappa shape index (κ3) is 9.09. The molecule has 3 rings (SSSR count). The average molecular weight is 563 g/mol. The molecule has 0 atom stereocenters. The molecule has 0 aliphatic carbocycles. The first-order valence-corrected chi connectivity index (χ1v) is 12.8. The lowest BCUT2D eigenvalue weighted by molar-refractivity contribution is 0.146. The minimum atomic E-state index is -2.79. The van der Waals surface area contributed by atoms with Crippen LogP contribution in [-0.2, 0) is 4.74 Å². The Labute approximate surface area is 232 Å². The number of nitrogens with one attached hydrogen (secondary N) is 2. The summed E-state index contributed by atoms with van der Waals surface area (Å²) in [6, 6.07) is 8.42. The number of allylic oxidation sites excluding steroid dienone is 1. The van der Waals surface area contributed by atoms with Gasteiger partial charge in [0.15, 0.2) is 0 Å². The molecular weight excluding hydrogens is 525 g/mol. The first-order chi connectivity index (χ1) is 19.2. The summed E-state index contributed by atoms with van der Waals surface area (Å²) in [5, 5.41) is 15.5. The lowest BCUT2D eigenvalue weighted by Gasteiger charge is -2.19. The van der Waals surface area contributed by atoms with Gasteiger partial charge < -0.3 is 30.9 Å². The predicted octanol–water partition coefficient (Wildman–Crippen LogP) is 4.63. The zero-order valence-corrected chi connectivity index (χ0v) is 23.4. The van der Waals surface area contributed by atoms with E-state index in [4.69, 9.17) is 10.5 Å². The topological polar surface area (TPSA) is 127 Å². The van der Waals surface area contributed by atoms with E-state index in [-0.39, 0.29) is 25.0 Å². The maximum Gasteiger partial charge on any atom is 0.280 e. The van der Waals surface area contributed by atoms with Gasteiger partial charge in [-0.05, 0) is 62.2 Å². The summed E-state index contributed by atoms with van der Waals surface area (Å²) >= 11 is 0. The molecule has 2 aromatic heterocycles. The van der Waals surface area contributed by atoms with Gasteiger partial charge in [0.1, 0.15) is 18.1 Å². The number of ether oxygens (including phenoxy) is 2. The summed E-state index contributed by atoms with van der Waals surface area (Å²) in [6.07, 6.45) is -2.13. The van der Waals surface area contributed by atoms with Crippen molar-refractivity contribution in [2.75, 3.05) is 46.3 Å². The van der Waals surface area contributed by atoms with Crippen molar-refractivity contribution in [3.63, 3.8) is 0 Å². The van der Waals surface area contributed by atoms with Crippen LogP contribution in [0.3, 0.4) is 0 Å². The molecule has 0 aliphatic heterocycles. The number of aryl methyl sites for hydroxylation is 1. The lowest BCUT2D eigenvalue weighted by atomic mass is 9.99. The van der Waals surface area contributed by atoms with Crippen LogP contribution >= 0.6 is 0 Å². The van der Waals surface area contributed by atoms with Crippen molar-refractivity contribution in [1.29, 1.82) is 0 Å². The highest BCUT2D eigenvalue weighted by Gasteiger charge is 2.22. The Morgan fingerprint density at radius 1 is 1.05 bits per heavy atom. The van der Waals surface area contributed by atoms with Gasteiger partial charge >= 0.3 is 0 Å². The van der Waals surface area contributed by atoms with Gasteiger partial charge in [-0.15, -0.1) is 0 Å². The highest BCUT2D eigenvalue weighted by molar-refractivity contribution is 5.85. The number of pyridine rings is 1. The monoisotopic (exact) mass is 562 g/mol. The Hall–Kier alpha value is -3.90. The summed E-state index contributed by atoms with van der Waals surface area (Å²) < 4.78 is 51.4. The quantitative estimate of drug-likeness (QED) is 0.250. The average Bonchev–Trinajstić information content (AvgIpc) is 2.94. The second-order valence-electron chi connectivity index (χ2n) is 8.42. The molecule has 5 N–H and O–H groups in total. The third-order valence-electron chi connectivity index (χ3n) is 5.61. The van der Waals surface area contributed by atoms with Crippen LogP contribution < -0.4 is 21.1 Å². The van der Waals surface area contributed by atoms with Crippen molar-refractivity contribution in [3.05, 3.63) is 65.0 Å². The molecule has 0 spiro atoms. The number of nitrogen functional groups attached to an aromatic ring is 1. The van der Waals surface area contributed by atoms with E-state index in [1.54, 1.807) is 27.1 Å². The molecule has 3 aromatic rings. The number of alkyl halides is 2.